The van der Waals surface area contributed by atoms with E-state index in [0.29, 0.717) is 5.75 Å². The third-order valence-electron chi connectivity index (χ3n) is 2.98. The molecule has 1 heterocycles. The SMILES string of the molecule is CC(c1ccccc1O)N1CCOCC1. The maximum absolute atomic E-state index is 9.75. The van der Waals surface area contributed by atoms with Gasteiger partial charge < -0.3 is 9.84 Å². The first-order valence-electron chi connectivity index (χ1n) is 5.38. The minimum absolute atomic E-state index is 0.259. The maximum atomic E-state index is 9.75. The van der Waals surface area contributed by atoms with Gasteiger partial charge in [-0.25, -0.2) is 0 Å². The van der Waals surface area contributed by atoms with E-state index in [0.717, 1.165) is 31.9 Å². The molecule has 1 aromatic rings. The van der Waals surface area contributed by atoms with Crippen molar-refractivity contribution in [3.05, 3.63) is 29.8 Å². The predicted octanol–water partition coefficient (Wildman–Crippen LogP) is 1.79. The molecule has 0 bridgehead atoms. The Balaban J connectivity index is 2.12. The number of morpholine rings is 1. The van der Waals surface area contributed by atoms with Crippen LogP contribution >= 0.6 is 0 Å². The molecule has 0 aliphatic carbocycles. The molecule has 1 atom stereocenters. The average molecular weight is 207 g/mol. The molecule has 0 saturated carbocycles. The highest BCUT2D eigenvalue weighted by Crippen LogP contribution is 2.28. The van der Waals surface area contributed by atoms with Gasteiger partial charge in [0.1, 0.15) is 5.75 Å². The zero-order valence-electron chi connectivity index (χ0n) is 9.02. The van der Waals surface area contributed by atoms with Crippen LogP contribution in [0.15, 0.2) is 24.3 Å². The molecular weight excluding hydrogens is 190 g/mol. The topological polar surface area (TPSA) is 32.7 Å². The van der Waals surface area contributed by atoms with Crippen LogP contribution < -0.4 is 0 Å². The van der Waals surface area contributed by atoms with Gasteiger partial charge in [-0.1, -0.05) is 18.2 Å². The molecule has 1 unspecified atom stereocenters. The van der Waals surface area contributed by atoms with Gasteiger partial charge in [-0.3, -0.25) is 4.90 Å². The van der Waals surface area contributed by atoms with E-state index in [4.69, 9.17) is 4.74 Å². The Morgan fingerprint density at radius 3 is 2.60 bits per heavy atom. The van der Waals surface area contributed by atoms with Crippen molar-refractivity contribution >= 4 is 0 Å². The summed E-state index contributed by atoms with van der Waals surface area (Å²) in [6.07, 6.45) is 0. The van der Waals surface area contributed by atoms with Crippen molar-refractivity contribution < 1.29 is 9.84 Å². The van der Waals surface area contributed by atoms with Crippen LogP contribution in [0, 0.1) is 0 Å². The number of nitrogens with zero attached hydrogens (tertiary/aromatic N) is 1. The summed E-state index contributed by atoms with van der Waals surface area (Å²) in [5.74, 6) is 0.386. The zero-order chi connectivity index (χ0) is 10.7. The van der Waals surface area contributed by atoms with Crippen molar-refractivity contribution in [2.45, 2.75) is 13.0 Å². The summed E-state index contributed by atoms with van der Waals surface area (Å²) in [7, 11) is 0. The molecule has 1 fully saturated rings. The molecule has 3 heteroatoms. The largest absolute Gasteiger partial charge is 0.508 e. The Hall–Kier alpha value is -1.06. The van der Waals surface area contributed by atoms with E-state index in [2.05, 4.69) is 11.8 Å². The van der Waals surface area contributed by atoms with Gasteiger partial charge >= 0.3 is 0 Å². The number of phenols is 1. The second-order valence-electron chi connectivity index (χ2n) is 3.88. The van der Waals surface area contributed by atoms with Gasteiger partial charge in [0, 0.05) is 24.7 Å². The van der Waals surface area contributed by atoms with Crippen molar-refractivity contribution in [2.75, 3.05) is 26.3 Å². The Morgan fingerprint density at radius 1 is 1.27 bits per heavy atom. The van der Waals surface area contributed by atoms with E-state index in [9.17, 15) is 5.11 Å². The summed E-state index contributed by atoms with van der Waals surface area (Å²) in [4.78, 5) is 2.33. The number of benzene rings is 1. The molecule has 3 nitrogen and oxygen atoms in total. The minimum atomic E-state index is 0.259. The standard InChI is InChI=1S/C12H17NO2/c1-10(13-6-8-15-9-7-13)11-4-2-3-5-12(11)14/h2-5,10,14H,6-9H2,1H3. The van der Waals surface area contributed by atoms with Crippen LogP contribution in [0.2, 0.25) is 0 Å². The molecule has 82 valence electrons. The third-order valence-corrected chi connectivity index (χ3v) is 2.98. The maximum Gasteiger partial charge on any atom is 0.120 e. The molecule has 0 radical (unpaired) electrons. The fourth-order valence-corrected chi connectivity index (χ4v) is 2.00. The van der Waals surface area contributed by atoms with Gasteiger partial charge in [-0.2, -0.15) is 0 Å². The number of hydrogen-bond acceptors (Lipinski definition) is 3. The Bertz CT molecular complexity index is 321. The lowest BCUT2D eigenvalue weighted by molar-refractivity contribution is 0.0194. The van der Waals surface area contributed by atoms with Crippen LogP contribution in [-0.2, 0) is 4.74 Å². The highest BCUT2D eigenvalue weighted by molar-refractivity contribution is 5.34. The average Bonchev–Trinajstić information content (AvgIpc) is 2.30. The highest BCUT2D eigenvalue weighted by atomic mass is 16.5. The first-order chi connectivity index (χ1) is 7.29. The van der Waals surface area contributed by atoms with Crippen molar-refractivity contribution in [3.8, 4) is 5.75 Å². The summed E-state index contributed by atoms with van der Waals surface area (Å²) in [6, 6.07) is 7.80. The summed E-state index contributed by atoms with van der Waals surface area (Å²) in [5.41, 5.74) is 0.999. The Morgan fingerprint density at radius 2 is 1.93 bits per heavy atom. The number of ether oxygens (including phenoxy) is 1. The summed E-state index contributed by atoms with van der Waals surface area (Å²) < 4.78 is 5.31. The molecule has 0 aromatic heterocycles. The number of phenolic OH excluding ortho intramolecular Hbond substituents is 1. The Kier molecular flexibility index (Phi) is 3.23. The second kappa shape index (κ2) is 4.64. The molecule has 1 N–H and O–H groups in total. The normalized spacial score (nSPS) is 20.1. The first kappa shape index (κ1) is 10.5. The van der Waals surface area contributed by atoms with Gasteiger partial charge in [-0.15, -0.1) is 0 Å². The molecule has 0 amide bonds. The van der Waals surface area contributed by atoms with E-state index in [1.54, 1.807) is 6.07 Å². The van der Waals surface area contributed by atoms with E-state index >= 15 is 0 Å². The molecule has 1 aliphatic rings. The molecule has 1 aliphatic heterocycles. The molecule has 15 heavy (non-hydrogen) atoms. The number of hydrogen-bond donors (Lipinski definition) is 1. The lowest BCUT2D eigenvalue weighted by Gasteiger charge is -2.32. The predicted molar refractivity (Wildman–Crippen MR) is 58.9 cm³/mol. The highest BCUT2D eigenvalue weighted by Gasteiger charge is 2.20. The smallest absolute Gasteiger partial charge is 0.120 e. The van der Waals surface area contributed by atoms with Crippen LogP contribution in [-0.4, -0.2) is 36.3 Å². The Labute approximate surface area is 90.3 Å². The van der Waals surface area contributed by atoms with Crippen molar-refractivity contribution in [1.29, 1.82) is 0 Å². The van der Waals surface area contributed by atoms with E-state index < -0.39 is 0 Å². The number of aromatic hydroxyl groups is 1. The fourth-order valence-electron chi connectivity index (χ4n) is 2.00. The monoisotopic (exact) mass is 207 g/mol. The molecule has 1 saturated heterocycles. The number of rotatable bonds is 2. The van der Waals surface area contributed by atoms with E-state index in [1.807, 2.05) is 18.2 Å². The van der Waals surface area contributed by atoms with Crippen molar-refractivity contribution in [2.24, 2.45) is 0 Å². The van der Waals surface area contributed by atoms with Crippen LogP contribution in [0.25, 0.3) is 0 Å². The van der Waals surface area contributed by atoms with Gasteiger partial charge in [0.05, 0.1) is 13.2 Å². The quantitative estimate of drug-likeness (QED) is 0.802. The number of para-hydroxylation sites is 1. The summed E-state index contributed by atoms with van der Waals surface area (Å²) >= 11 is 0. The molecule has 0 spiro atoms. The first-order valence-corrected chi connectivity index (χ1v) is 5.38. The summed E-state index contributed by atoms with van der Waals surface area (Å²) in [5, 5.41) is 9.75. The van der Waals surface area contributed by atoms with Gasteiger partial charge in [0.2, 0.25) is 0 Å². The van der Waals surface area contributed by atoms with E-state index in [-0.39, 0.29) is 6.04 Å². The van der Waals surface area contributed by atoms with Crippen LogP contribution in [0.4, 0.5) is 0 Å². The van der Waals surface area contributed by atoms with E-state index in [1.165, 1.54) is 0 Å². The van der Waals surface area contributed by atoms with Crippen LogP contribution in [0.1, 0.15) is 18.5 Å². The molecule has 2 rings (SSSR count). The zero-order valence-corrected chi connectivity index (χ0v) is 9.02. The van der Waals surface area contributed by atoms with Gasteiger partial charge in [0.15, 0.2) is 0 Å². The fraction of sp³-hybridized carbons (Fsp3) is 0.500. The van der Waals surface area contributed by atoms with Crippen LogP contribution in [0.5, 0.6) is 5.75 Å². The van der Waals surface area contributed by atoms with Crippen molar-refractivity contribution in [3.63, 3.8) is 0 Å². The minimum Gasteiger partial charge on any atom is -0.508 e. The lowest BCUT2D eigenvalue weighted by Crippen LogP contribution is -2.38. The lowest BCUT2D eigenvalue weighted by atomic mass is 10.1. The van der Waals surface area contributed by atoms with Gasteiger partial charge in [-0.05, 0) is 13.0 Å². The van der Waals surface area contributed by atoms with Gasteiger partial charge in [0.25, 0.3) is 0 Å². The second-order valence-corrected chi connectivity index (χ2v) is 3.88. The van der Waals surface area contributed by atoms with Crippen LogP contribution in [0.3, 0.4) is 0 Å². The third kappa shape index (κ3) is 2.30. The van der Waals surface area contributed by atoms with Crippen molar-refractivity contribution in [1.82, 2.24) is 4.90 Å². The summed E-state index contributed by atoms with van der Waals surface area (Å²) in [6.45, 7) is 5.58. The molecular formula is C12H17NO2. The molecule has 1 aromatic carbocycles.